The second kappa shape index (κ2) is 5.48. The van der Waals surface area contributed by atoms with Gasteiger partial charge in [-0.15, -0.1) is 0 Å². The first-order valence-electron chi connectivity index (χ1n) is 5.40. The molecule has 0 radical (unpaired) electrons. The average molecular weight is 284 g/mol. The molecule has 0 bridgehead atoms. The highest BCUT2D eigenvalue weighted by molar-refractivity contribution is 9.09. The van der Waals surface area contributed by atoms with E-state index in [2.05, 4.69) is 21.2 Å². The molecule has 0 unspecified atom stereocenters. The fourth-order valence-corrected chi connectivity index (χ4v) is 2.46. The van der Waals surface area contributed by atoms with E-state index in [0.29, 0.717) is 0 Å². The van der Waals surface area contributed by atoms with Crippen LogP contribution in [0.1, 0.15) is 36.2 Å². The Hall–Kier alpha value is -0.830. The summed E-state index contributed by atoms with van der Waals surface area (Å²) in [6.45, 7) is 6.05. The van der Waals surface area contributed by atoms with Gasteiger partial charge in [-0.05, 0) is 39.3 Å². The summed E-state index contributed by atoms with van der Waals surface area (Å²) in [4.78, 5) is 12.0. The Labute approximate surface area is 106 Å². The quantitative estimate of drug-likeness (QED) is 0.845. The number of halogens is 1. The highest BCUT2D eigenvalue weighted by Crippen LogP contribution is 2.12. The summed E-state index contributed by atoms with van der Waals surface area (Å²) in [5, 5.41) is 3.91. The van der Waals surface area contributed by atoms with Crippen molar-refractivity contribution in [2.24, 2.45) is 0 Å². The predicted octanol–water partition coefficient (Wildman–Crippen LogP) is 3.29. The lowest BCUT2D eigenvalue weighted by molar-refractivity contribution is 0.0912. The maximum Gasteiger partial charge on any atom is 0.251 e. The monoisotopic (exact) mass is 283 g/mol. The first kappa shape index (κ1) is 13.2. The van der Waals surface area contributed by atoms with Crippen LogP contribution >= 0.6 is 15.9 Å². The van der Waals surface area contributed by atoms with Crippen LogP contribution in [0, 0.1) is 6.92 Å². The molecular formula is C13H18BrNO. The number of nitrogens with one attached hydrogen (secondary N) is 1. The van der Waals surface area contributed by atoms with E-state index in [1.165, 1.54) is 0 Å². The molecule has 0 aliphatic carbocycles. The molecule has 1 rings (SSSR count). The number of aryl methyl sites for hydroxylation is 1. The molecule has 0 aromatic heterocycles. The van der Waals surface area contributed by atoms with Gasteiger partial charge in [-0.3, -0.25) is 4.79 Å². The van der Waals surface area contributed by atoms with Crippen LogP contribution in [-0.4, -0.2) is 16.8 Å². The third kappa shape index (κ3) is 3.97. The molecule has 0 saturated heterocycles. The summed E-state index contributed by atoms with van der Waals surface area (Å²) in [6.07, 6.45) is 0.907. The number of benzene rings is 1. The van der Waals surface area contributed by atoms with E-state index in [1.54, 1.807) is 0 Å². The molecule has 16 heavy (non-hydrogen) atoms. The number of hydrogen-bond acceptors (Lipinski definition) is 1. The molecule has 0 atom stereocenters. The Balaban J connectivity index is 2.72. The maximum atomic E-state index is 12.0. The van der Waals surface area contributed by atoms with E-state index in [4.69, 9.17) is 0 Å². The van der Waals surface area contributed by atoms with Gasteiger partial charge in [0.15, 0.2) is 0 Å². The zero-order valence-electron chi connectivity index (χ0n) is 10.0. The SMILES string of the molecule is Cc1cccc(C(=O)NC(C)(C)CCBr)c1. The standard InChI is InChI=1S/C13H18BrNO/c1-10-5-4-6-11(9-10)12(16)15-13(2,3)7-8-14/h4-6,9H,7-8H2,1-3H3,(H,15,16). The summed E-state index contributed by atoms with van der Waals surface area (Å²) in [5.41, 5.74) is 1.65. The van der Waals surface area contributed by atoms with Crippen LogP contribution in [0.3, 0.4) is 0 Å². The van der Waals surface area contributed by atoms with E-state index < -0.39 is 0 Å². The van der Waals surface area contributed by atoms with Gasteiger partial charge in [0, 0.05) is 16.4 Å². The van der Waals surface area contributed by atoms with Crippen molar-refractivity contribution in [3.8, 4) is 0 Å². The summed E-state index contributed by atoms with van der Waals surface area (Å²) in [7, 11) is 0. The molecule has 1 aromatic carbocycles. The molecule has 88 valence electrons. The van der Waals surface area contributed by atoms with Gasteiger partial charge in [-0.25, -0.2) is 0 Å². The maximum absolute atomic E-state index is 12.0. The van der Waals surface area contributed by atoms with Gasteiger partial charge in [-0.1, -0.05) is 33.6 Å². The molecule has 0 heterocycles. The van der Waals surface area contributed by atoms with Gasteiger partial charge in [0.2, 0.25) is 0 Å². The molecule has 0 saturated carbocycles. The van der Waals surface area contributed by atoms with Crippen molar-refractivity contribution in [1.29, 1.82) is 0 Å². The summed E-state index contributed by atoms with van der Waals surface area (Å²) >= 11 is 3.39. The zero-order chi connectivity index (χ0) is 12.2. The van der Waals surface area contributed by atoms with Gasteiger partial charge in [0.25, 0.3) is 5.91 Å². The van der Waals surface area contributed by atoms with Gasteiger partial charge in [0.1, 0.15) is 0 Å². The van der Waals surface area contributed by atoms with Crippen LogP contribution < -0.4 is 5.32 Å². The van der Waals surface area contributed by atoms with E-state index in [1.807, 2.05) is 45.0 Å². The molecular weight excluding hydrogens is 266 g/mol. The molecule has 1 N–H and O–H groups in total. The molecule has 1 amide bonds. The summed E-state index contributed by atoms with van der Waals surface area (Å²) in [6, 6.07) is 7.63. The Morgan fingerprint density at radius 1 is 1.44 bits per heavy atom. The van der Waals surface area contributed by atoms with Crippen molar-refractivity contribution >= 4 is 21.8 Å². The minimum absolute atomic E-state index is 0.00495. The molecule has 0 aliphatic rings. The van der Waals surface area contributed by atoms with Crippen molar-refractivity contribution in [3.63, 3.8) is 0 Å². The second-order valence-corrected chi connectivity index (χ2v) is 5.44. The molecule has 0 fully saturated rings. The van der Waals surface area contributed by atoms with Crippen molar-refractivity contribution in [1.82, 2.24) is 5.32 Å². The minimum atomic E-state index is -0.176. The van der Waals surface area contributed by atoms with Gasteiger partial charge in [0.05, 0.1) is 0 Å². The van der Waals surface area contributed by atoms with Gasteiger partial charge >= 0.3 is 0 Å². The highest BCUT2D eigenvalue weighted by atomic mass is 79.9. The second-order valence-electron chi connectivity index (χ2n) is 4.65. The van der Waals surface area contributed by atoms with Crippen LogP contribution in [0.2, 0.25) is 0 Å². The van der Waals surface area contributed by atoms with E-state index >= 15 is 0 Å². The molecule has 1 aromatic rings. The van der Waals surface area contributed by atoms with Crippen molar-refractivity contribution in [3.05, 3.63) is 35.4 Å². The van der Waals surface area contributed by atoms with Crippen LogP contribution in [0.25, 0.3) is 0 Å². The third-order valence-electron chi connectivity index (χ3n) is 2.45. The number of hydrogen-bond donors (Lipinski definition) is 1. The first-order chi connectivity index (χ1) is 7.44. The fraction of sp³-hybridized carbons (Fsp3) is 0.462. The largest absolute Gasteiger partial charge is 0.347 e. The minimum Gasteiger partial charge on any atom is -0.347 e. The highest BCUT2D eigenvalue weighted by Gasteiger charge is 2.20. The molecule has 0 aliphatic heterocycles. The third-order valence-corrected chi connectivity index (χ3v) is 2.85. The number of rotatable bonds is 4. The van der Waals surface area contributed by atoms with Crippen molar-refractivity contribution in [2.45, 2.75) is 32.7 Å². The Kier molecular flexibility index (Phi) is 4.54. The van der Waals surface area contributed by atoms with E-state index in [-0.39, 0.29) is 11.4 Å². The predicted molar refractivity (Wildman–Crippen MR) is 71.1 cm³/mol. The zero-order valence-corrected chi connectivity index (χ0v) is 11.6. The van der Waals surface area contributed by atoms with E-state index in [9.17, 15) is 4.79 Å². The molecule has 3 heteroatoms. The first-order valence-corrected chi connectivity index (χ1v) is 6.52. The smallest absolute Gasteiger partial charge is 0.251 e. The van der Waals surface area contributed by atoms with Crippen molar-refractivity contribution in [2.75, 3.05) is 5.33 Å². The van der Waals surface area contributed by atoms with Gasteiger partial charge < -0.3 is 5.32 Å². The fourth-order valence-electron chi connectivity index (χ4n) is 1.46. The number of carbonyl (C=O) groups excluding carboxylic acids is 1. The lowest BCUT2D eigenvalue weighted by atomic mass is 10.0. The van der Waals surface area contributed by atoms with Gasteiger partial charge in [-0.2, -0.15) is 0 Å². The number of alkyl halides is 1. The van der Waals surface area contributed by atoms with Crippen LogP contribution in [-0.2, 0) is 0 Å². The Morgan fingerprint density at radius 3 is 2.69 bits per heavy atom. The topological polar surface area (TPSA) is 29.1 Å². The molecule has 0 spiro atoms. The Bertz CT molecular complexity index is 374. The van der Waals surface area contributed by atoms with Crippen LogP contribution in [0.4, 0.5) is 0 Å². The number of amides is 1. The summed E-state index contributed by atoms with van der Waals surface area (Å²) in [5.74, 6) is -0.00495. The van der Waals surface area contributed by atoms with Crippen LogP contribution in [0.15, 0.2) is 24.3 Å². The Morgan fingerprint density at radius 2 is 2.12 bits per heavy atom. The van der Waals surface area contributed by atoms with Crippen LogP contribution in [0.5, 0.6) is 0 Å². The average Bonchev–Trinajstić information content (AvgIpc) is 2.16. The number of carbonyl (C=O) groups is 1. The van der Waals surface area contributed by atoms with E-state index in [0.717, 1.165) is 22.9 Å². The van der Waals surface area contributed by atoms with Crippen molar-refractivity contribution < 1.29 is 4.79 Å². The molecule has 2 nitrogen and oxygen atoms in total. The lowest BCUT2D eigenvalue weighted by Gasteiger charge is -2.25. The normalized spacial score (nSPS) is 11.2. The lowest BCUT2D eigenvalue weighted by Crippen LogP contribution is -2.43. The summed E-state index contributed by atoms with van der Waals surface area (Å²) < 4.78 is 0.